The molecular formula is C19H21ClF3NO2S. The number of carbonyl (C=O) groups is 1. The van der Waals surface area contributed by atoms with E-state index in [2.05, 4.69) is 0 Å². The van der Waals surface area contributed by atoms with Gasteiger partial charge in [-0.25, -0.2) is 0 Å². The zero-order valence-corrected chi connectivity index (χ0v) is 16.4. The summed E-state index contributed by atoms with van der Waals surface area (Å²) >= 11 is 7.68. The van der Waals surface area contributed by atoms with Crippen LogP contribution in [0.15, 0.2) is 30.3 Å². The molecule has 0 aliphatic rings. The predicted octanol–water partition coefficient (Wildman–Crippen LogP) is 5.96. The number of Topliss-reactive ketones (excluding diaryl/α,β-unsaturated/α-hetero) is 1. The van der Waals surface area contributed by atoms with Crippen molar-refractivity contribution in [1.82, 2.24) is 0 Å². The van der Waals surface area contributed by atoms with Gasteiger partial charge in [0.1, 0.15) is 5.75 Å². The van der Waals surface area contributed by atoms with Crippen molar-refractivity contribution < 1.29 is 22.7 Å². The number of halogens is 4. The van der Waals surface area contributed by atoms with E-state index in [-0.39, 0.29) is 25.2 Å². The lowest BCUT2D eigenvalue weighted by atomic mass is 10.0. The third kappa shape index (κ3) is 6.83. The number of thiophene rings is 1. The molecule has 0 bridgehead atoms. The van der Waals surface area contributed by atoms with E-state index in [1.165, 1.54) is 17.4 Å². The van der Waals surface area contributed by atoms with Gasteiger partial charge in [0.05, 0.1) is 11.5 Å². The average Bonchev–Trinajstić information content (AvgIpc) is 3.07. The van der Waals surface area contributed by atoms with Gasteiger partial charge in [-0.05, 0) is 42.7 Å². The largest absolute Gasteiger partial charge is 0.494 e. The second-order valence-corrected chi connectivity index (χ2v) is 7.68. The van der Waals surface area contributed by atoms with Crippen molar-refractivity contribution in [2.45, 2.75) is 44.8 Å². The van der Waals surface area contributed by atoms with E-state index in [1.54, 1.807) is 18.2 Å². The Hall–Kier alpha value is -1.57. The van der Waals surface area contributed by atoms with Crippen LogP contribution in [0.2, 0.25) is 5.02 Å². The Labute approximate surface area is 165 Å². The average molecular weight is 420 g/mol. The van der Waals surface area contributed by atoms with Crippen LogP contribution in [0.5, 0.6) is 5.75 Å². The Morgan fingerprint density at radius 3 is 2.63 bits per heavy atom. The Balaban J connectivity index is 1.92. The molecule has 1 heterocycles. The Kier molecular flexibility index (Phi) is 7.70. The number of alkyl halides is 3. The molecule has 2 N–H and O–H groups in total. The van der Waals surface area contributed by atoms with Crippen LogP contribution < -0.4 is 10.5 Å². The van der Waals surface area contributed by atoms with E-state index >= 15 is 0 Å². The van der Waals surface area contributed by atoms with E-state index in [9.17, 15) is 18.0 Å². The number of hydrogen-bond donors (Lipinski definition) is 1. The van der Waals surface area contributed by atoms with E-state index in [0.717, 1.165) is 11.3 Å². The summed E-state index contributed by atoms with van der Waals surface area (Å²) in [6, 6.07) is 7.91. The molecule has 1 aromatic carbocycles. The fourth-order valence-electron chi connectivity index (χ4n) is 2.49. The van der Waals surface area contributed by atoms with Crippen molar-refractivity contribution in [3.05, 3.63) is 50.7 Å². The first-order valence-electron chi connectivity index (χ1n) is 8.56. The number of nitrogens with two attached hydrogens (primary N) is 1. The number of carbonyl (C=O) groups excluding carboxylic acids is 1. The topological polar surface area (TPSA) is 52.3 Å². The third-order valence-corrected chi connectivity index (χ3v) is 5.53. The molecule has 0 aliphatic carbocycles. The van der Waals surface area contributed by atoms with Crippen LogP contribution in [0.3, 0.4) is 0 Å². The van der Waals surface area contributed by atoms with Crippen LogP contribution in [0, 0.1) is 0 Å². The SMILES string of the molecule is CCc1ccc(C(=O)CC(N)c2ccc(OCCCC(F)(F)F)cc2Cl)s1. The van der Waals surface area contributed by atoms with Gasteiger partial charge >= 0.3 is 6.18 Å². The zero-order chi connectivity index (χ0) is 20.0. The first-order valence-corrected chi connectivity index (χ1v) is 9.75. The molecule has 0 spiro atoms. The van der Waals surface area contributed by atoms with Crippen LogP contribution in [0.4, 0.5) is 13.2 Å². The van der Waals surface area contributed by atoms with Crippen LogP contribution in [0.25, 0.3) is 0 Å². The van der Waals surface area contributed by atoms with Gasteiger partial charge in [0.2, 0.25) is 0 Å². The number of aryl methyl sites for hydroxylation is 1. The third-order valence-electron chi connectivity index (χ3n) is 3.93. The highest BCUT2D eigenvalue weighted by Gasteiger charge is 2.26. The van der Waals surface area contributed by atoms with Crippen LogP contribution in [0.1, 0.15) is 52.3 Å². The van der Waals surface area contributed by atoms with Crippen molar-refractivity contribution >= 4 is 28.7 Å². The highest BCUT2D eigenvalue weighted by Crippen LogP contribution is 2.30. The highest BCUT2D eigenvalue weighted by atomic mass is 35.5. The van der Waals surface area contributed by atoms with Crippen LogP contribution >= 0.6 is 22.9 Å². The highest BCUT2D eigenvalue weighted by molar-refractivity contribution is 7.14. The van der Waals surface area contributed by atoms with Gasteiger partial charge in [0.15, 0.2) is 5.78 Å². The zero-order valence-electron chi connectivity index (χ0n) is 14.8. The fraction of sp³-hybridized carbons (Fsp3) is 0.421. The number of rotatable bonds is 9. The molecule has 0 amide bonds. The first-order chi connectivity index (χ1) is 12.7. The summed E-state index contributed by atoms with van der Waals surface area (Å²) in [5.41, 5.74) is 6.72. The summed E-state index contributed by atoms with van der Waals surface area (Å²) in [5, 5.41) is 0.323. The van der Waals surface area contributed by atoms with Crippen LogP contribution in [-0.2, 0) is 6.42 Å². The second kappa shape index (κ2) is 9.57. The molecule has 2 aromatic rings. The summed E-state index contributed by atoms with van der Waals surface area (Å²) in [5.74, 6) is 0.325. The monoisotopic (exact) mass is 419 g/mol. The molecule has 0 saturated carbocycles. The fourth-order valence-corrected chi connectivity index (χ4v) is 3.70. The van der Waals surface area contributed by atoms with Crippen molar-refractivity contribution in [2.24, 2.45) is 5.73 Å². The van der Waals surface area contributed by atoms with Gasteiger partial charge < -0.3 is 10.5 Å². The number of benzene rings is 1. The normalized spacial score (nSPS) is 12.8. The molecule has 1 atom stereocenters. The quantitative estimate of drug-likeness (QED) is 0.403. The predicted molar refractivity (Wildman–Crippen MR) is 102 cm³/mol. The maximum absolute atomic E-state index is 12.4. The molecule has 2 rings (SSSR count). The smallest absolute Gasteiger partial charge is 0.389 e. The van der Waals surface area contributed by atoms with Gasteiger partial charge in [0, 0.05) is 28.8 Å². The second-order valence-electron chi connectivity index (χ2n) is 6.10. The molecule has 8 heteroatoms. The van der Waals surface area contributed by atoms with E-state index < -0.39 is 18.6 Å². The number of hydrogen-bond acceptors (Lipinski definition) is 4. The molecule has 27 heavy (non-hydrogen) atoms. The summed E-state index contributed by atoms with van der Waals surface area (Å²) in [6.07, 6.45) is -4.22. The van der Waals surface area contributed by atoms with Crippen molar-refractivity contribution in [3.8, 4) is 5.75 Å². The number of ketones is 1. The molecule has 0 radical (unpaired) electrons. The van der Waals surface area contributed by atoms with Crippen molar-refractivity contribution in [3.63, 3.8) is 0 Å². The maximum Gasteiger partial charge on any atom is 0.389 e. The Morgan fingerprint density at radius 1 is 1.30 bits per heavy atom. The summed E-state index contributed by atoms with van der Waals surface area (Å²) in [7, 11) is 0. The van der Waals surface area contributed by atoms with Gasteiger partial charge in [0.25, 0.3) is 0 Å². The number of ether oxygens (including phenoxy) is 1. The van der Waals surface area contributed by atoms with Crippen molar-refractivity contribution in [2.75, 3.05) is 6.61 Å². The lowest BCUT2D eigenvalue weighted by Crippen LogP contribution is -2.15. The molecule has 1 aromatic heterocycles. The Morgan fingerprint density at radius 2 is 2.04 bits per heavy atom. The van der Waals surface area contributed by atoms with Gasteiger partial charge in [-0.3, -0.25) is 4.79 Å². The maximum atomic E-state index is 12.4. The minimum absolute atomic E-state index is 0.0456. The van der Waals surface area contributed by atoms with Gasteiger partial charge in [-0.15, -0.1) is 11.3 Å². The van der Waals surface area contributed by atoms with E-state index in [4.69, 9.17) is 22.1 Å². The lowest BCUT2D eigenvalue weighted by molar-refractivity contribution is -0.136. The molecule has 148 valence electrons. The minimum Gasteiger partial charge on any atom is -0.494 e. The summed E-state index contributed by atoms with van der Waals surface area (Å²) < 4.78 is 41.6. The summed E-state index contributed by atoms with van der Waals surface area (Å²) in [4.78, 5) is 14.2. The van der Waals surface area contributed by atoms with Crippen LogP contribution in [-0.4, -0.2) is 18.6 Å². The van der Waals surface area contributed by atoms with Gasteiger partial charge in [-0.1, -0.05) is 24.6 Å². The Bertz CT molecular complexity index is 777. The van der Waals surface area contributed by atoms with E-state index in [1.807, 2.05) is 13.0 Å². The lowest BCUT2D eigenvalue weighted by Gasteiger charge is -2.14. The van der Waals surface area contributed by atoms with E-state index in [0.29, 0.717) is 21.2 Å². The summed E-state index contributed by atoms with van der Waals surface area (Å²) in [6.45, 7) is 1.97. The molecule has 1 unspecified atom stereocenters. The molecule has 0 fully saturated rings. The molecule has 3 nitrogen and oxygen atoms in total. The molecule has 0 saturated heterocycles. The standard InChI is InChI=1S/C19H21ClF3NO2S/c1-2-13-5-7-18(27-13)17(25)11-16(24)14-6-4-12(10-15(14)20)26-9-3-8-19(21,22)23/h4-7,10,16H,2-3,8-9,11,24H2,1H3. The minimum atomic E-state index is -4.19. The van der Waals surface area contributed by atoms with Gasteiger partial charge in [-0.2, -0.15) is 13.2 Å². The molecular weight excluding hydrogens is 399 g/mol. The van der Waals surface area contributed by atoms with Crippen molar-refractivity contribution in [1.29, 1.82) is 0 Å². The molecule has 0 aliphatic heterocycles. The first kappa shape index (κ1) is 21.7.